The zero-order valence-electron chi connectivity index (χ0n) is 13.3. The highest BCUT2D eigenvalue weighted by Crippen LogP contribution is 2.38. The third-order valence-corrected chi connectivity index (χ3v) is 4.39. The van der Waals surface area contributed by atoms with Crippen molar-refractivity contribution in [3.05, 3.63) is 65.6 Å². The summed E-state index contributed by atoms with van der Waals surface area (Å²) in [6.07, 6.45) is 1.98. The molecule has 0 N–H and O–H groups in total. The summed E-state index contributed by atoms with van der Waals surface area (Å²) in [6, 6.07) is 14.9. The lowest BCUT2D eigenvalue weighted by Crippen LogP contribution is -2.30. The number of nitriles is 1. The molecule has 2 aromatic heterocycles. The molecule has 3 nitrogen and oxygen atoms in total. The third kappa shape index (κ3) is 1.92. The van der Waals surface area contributed by atoms with Crippen molar-refractivity contribution in [3.8, 4) is 17.3 Å². The lowest BCUT2D eigenvalue weighted by molar-refractivity contribution is -0.660. The van der Waals surface area contributed by atoms with Crippen LogP contribution < -0.4 is 4.57 Å². The molecule has 0 saturated carbocycles. The molecule has 0 unspecified atom stereocenters. The molecule has 0 atom stereocenters. The van der Waals surface area contributed by atoms with Crippen LogP contribution in [0.3, 0.4) is 0 Å². The summed E-state index contributed by atoms with van der Waals surface area (Å²) in [5.41, 5.74) is 3.85. The summed E-state index contributed by atoms with van der Waals surface area (Å²) >= 11 is 0. The van der Waals surface area contributed by atoms with E-state index < -0.39 is 5.82 Å². The maximum absolute atomic E-state index is 14.5. The van der Waals surface area contributed by atoms with Gasteiger partial charge in [0.1, 0.15) is 18.7 Å². The highest BCUT2D eigenvalue weighted by molar-refractivity contribution is 6.12. The van der Waals surface area contributed by atoms with E-state index in [0.29, 0.717) is 11.0 Å². The number of halogens is 1. The van der Waals surface area contributed by atoms with Gasteiger partial charge in [0.2, 0.25) is 5.69 Å². The molecule has 0 aliphatic heterocycles. The van der Waals surface area contributed by atoms with E-state index in [2.05, 4.69) is 0 Å². The molecule has 0 aliphatic carbocycles. The molecule has 4 rings (SSSR count). The normalized spacial score (nSPS) is 11.1. The number of furan rings is 1. The van der Waals surface area contributed by atoms with E-state index in [1.165, 1.54) is 6.07 Å². The Morgan fingerprint density at radius 3 is 2.71 bits per heavy atom. The summed E-state index contributed by atoms with van der Waals surface area (Å²) in [5.74, 6) is -0.604. The van der Waals surface area contributed by atoms with Crippen LogP contribution in [-0.4, -0.2) is 0 Å². The van der Waals surface area contributed by atoms with E-state index in [9.17, 15) is 4.39 Å². The second kappa shape index (κ2) is 5.17. The monoisotopic (exact) mass is 317 g/mol. The summed E-state index contributed by atoms with van der Waals surface area (Å²) in [4.78, 5) is 0. The lowest BCUT2D eigenvalue weighted by Gasteiger charge is -2.06. The minimum atomic E-state index is -0.604. The molecule has 0 spiro atoms. The number of hydrogen-bond donors (Lipinski definition) is 0. The van der Waals surface area contributed by atoms with Crippen LogP contribution in [0, 0.1) is 24.1 Å². The molecule has 4 aromatic rings. The Bertz CT molecular complexity index is 1150. The van der Waals surface area contributed by atoms with Crippen molar-refractivity contribution in [1.29, 1.82) is 5.26 Å². The quantitative estimate of drug-likeness (QED) is 0.488. The maximum Gasteiger partial charge on any atom is 0.213 e. The van der Waals surface area contributed by atoms with Crippen LogP contribution in [0.15, 0.2) is 53.1 Å². The number of fused-ring (bicyclic) bond motifs is 3. The molecule has 4 heteroatoms. The molecule has 0 radical (unpaired) electrons. The Morgan fingerprint density at radius 1 is 1.12 bits per heavy atom. The molecule has 2 aromatic carbocycles. The number of aryl methyl sites for hydroxylation is 2. The standard InChI is InChI=1S/C20H14FN2O/c1-12-6-9-16-18(17(12)15-5-3-4-10-23(15)2)14-8-7-13(11-22)19(21)20(14)24-16/h3-10H,1-2H3/q+1. The van der Waals surface area contributed by atoms with Crippen molar-refractivity contribution in [3.63, 3.8) is 0 Å². The Hall–Kier alpha value is -3.19. The Balaban J connectivity index is 2.21. The van der Waals surface area contributed by atoms with Crippen LogP contribution >= 0.6 is 0 Å². The molecule has 116 valence electrons. The van der Waals surface area contributed by atoms with Crippen molar-refractivity contribution >= 4 is 21.9 Å². The van der Waals surface area contributed by atoms with Gasteiger partial charge in [0.25, 0.3) is 0 Å². The van der Waals surface area contributed by atoms with E-state index in [0.717, 1.165) is 22.2 Å². The predicted octanol–water partition coefficient (Wildman–Crippen LogP) is 4.40. The largest absolute Gasteiger partial charge is 0.453 e. The number of hydrogen-bond acceptors (Lipinski definition) is 2. The summed E-state index contributed by atoms with van der Waals surface area (Å²) in [7, 11) is 1.98. The molecule has 0 bridgehead atoms. The first kappa shape index (κ1) is 14.4. The molecule has 2 heterocycles. The van der Waals surface area contributed by atoms with E-state index in [1.807, 2.05) is 61.1 Å². The van der Waals surface area contributed by atoms with Gasteiger partial charge < -0.3 is 4.42 Å². The van der Waals surface area contributed by atoms with Gasteiger partial charge in [-0.05, 0) is 36.8 Å². The van der Waals surface area contributed by atoms with Crippen LogP contribution in [0.1, 0.15) is 11.1 Å². The van der Waals surface area contributed by atoms with Crippen LogP contribution in [0.4, 0.5) is 4.39 Å². The molecule has 0 fully saturated rings. The van der Waals surface area contributed by atoms with Crippen molar-refractivity contribution in [1.82, 2.24) is 0 Å². The van der Waals surface area contributed by atoms with Crippen molar-refractivity contribution in [2.75, 3.05) is 0 Å². The second-order valence-electron chi connectivity index (χ2n) is 5.85. The fourth-order valence-electron chi connectivity index (χ4n) is 3.20. The van der Waals surface area contributed by atoms with Gasteiger partial charge in [-0.25, -0.2) is 8.96 Å². The van der Waals surface area contributed by atoms with Crippen LogP contribution in [-0.2, 0) is 7.05 Å². The van der Waals surface area contributed by atoms with E-state index in [4.69, 9.17) is 9.68 Å². The number of pyridine rings is 1. The van der Waals surface area contributed by atoms with Gasteiger partial charge >= 0.3 is 0 Å². The maximum atomic E-state index is 14.5. The van der Waals surface area contributed by atoms with Crippen LogP contribution in [0.25, 0.3) is 33.2 Å². The second-order valence-corrected chi connectivity index (χ2v) is 5.85. The predicted molar refractivity (Wildman–Crippen MR) is 89.7 cm³/mol. The van der Waals surface area contributed by atoms with E-state index in [-0.39, 0.29) is 11.1 Å². The van der Waals surface area contributed by atoms with Gasteiger partial charge in [0.15, 0.2) is 17.6 Å². The number of nitrogens with zero attached hydrogens (tertiary/aromatic N) is 2. The summed E-state index contributed by atoms with van der Waals surface area (Å²) in [6.45, 7) is 2.03. The minimum Gasteiger partial charge on any atom is -0.453 e. The van der Waals surface area contributed by atoms with Crippen LogP contribution in [0.5, 0.6) is 0 Å². The fourth-order valence-corrected chi connectivity index (χ4v) is 3.20. The van der Waals surface area contributed by atoms with Gasteiger partial charge in [0, 0.05) is 22.9 Å². The first-order chi connectivity index (χ1) is 11.6. The minimum absolute atomic E-state index is 0.00917. The first-order valence-electron chi connectivity index (χ1n) is 7.61. The van der Waals surface area contributed by atoms with Gasteiger partial charge in [0.05, 0.1) is 11.1 Å². The third-order valence-electron chi connectivity index (χ3n) is 4.39. The van der Waals surface area contributed by atoms with Gasteiger partial charge in [-0.15, -0.1) is 0 Å². The average Bonchev–Trinajstić information content (AvgIpc) is 2.96. The highest BCUT2D eigenvalue weighted by atomic mass is 19.1. The molecule has 0 amide bonds. The zero-order chi connectivity index (χ0) is 16.8. The molecule has 0 aliphatic rings. The smallest absolute Gasteiger partial charge is 0.213 e. The highest BCUT2D eigenvalue weighted by Gasteiger charge is 2.22. The van der Waals surface area contributed by atoms with Gasteiger partial charge in [-0.3, -0.25) is 0 Å². The Morgan fingerprint density at radius 2 is 1.96 bits per heavy atom. The summed E-state index contributed by atoms with van der Waals surface area (Å²) in [5, 5.41) is 10.6. The van der Waals surface area contributed by atoms with E-state index >= 15 is 0 Å². The van der Waals surface area contributed by atoms with Crippen molar-refractivity contribution in [2.45, 2.75) is 6.92 Å². The molecular weight excluding hydrogens is 303 g/mol. The lowest BCUT2D eigenvalue weighted by atomic mass is 9.97. The van der Waals surface area contributed by atoms with Crippen molar-refractivity contribution in [2.24, 2.45) is 7.05 Å². The average molecular weight is 317 g/mol. The zero-order valence-corrected chi connectivity index (χ0v) is 13.3. The number of benzene rings is 2. The topological polar surface area (TPSA) is 40.8 Å². The molecular formula is C20H14FN2O+. The summed E-state index contributed by atoms with van der Waals surface area (Å²) < 4.78 is 22.3. The molecule has 24 heavy (non-hydrogen) atoms. The number of aromatic nitrogens is 1. The number of rotatable bonds is 1. The molecule has 0 saturated heterocycles. The van der Waals surface area contributed by atoms with Gasteiger partial charge in [-0.1, -0.05) is 6.07 Å². The van der Waals surface area contributed by atoms with E-state index in [1.54, 1.807) is 6.07 Å². The van der Waals surface area contributed by atoms with Crippen LogP contribution in [0.2, 0.25) is 0 Å². The Kier molecular flexibility index (Phi) is 3.10. The van der Waals surface area contributed by atoms with Crippen molar-refractivity contribution < 1.29 is 13.4 Å². The Labute approximate surface area is 138 Å². The van der Waals surface area contributed by atoms with Gasteiger partial charge in [-0.2, -0.15) is 5.26 Å². The fraction of sp³-hybridized carbons (Fsp3) is 0.100. The SMILES string of the molecule is Cc1ccc2oc3c(F)c(C#N)ccc3c2c1-c1cccc[n+]1C. The first-order valence-corrected chi connectivity index (χ1v) is 7.61.